The van der Waals surface area contributed by atoms with Gasteiger partial charge in [0.25, 0.3) is 0 Å². The Kier molecular flexibility index (Phi) is 5.61. The number of rotatable bonds is 2. The predicted molar refractivity (Wildman–Crippen MR) is 74.2 cm³/mol. The van der Waals surface area contributed by atoms with Crippen LogP contribution in [0, 0.1) is 0 Å². The van der Waals surface area contributed by atoms with Gasteiger partial charge in [-0.15, -0.1) is 0 Å². The molecule has 2 aromatic rings. The van der Waals surface area contributed by atoms with Gasteiger partial charge in [0.1, 0.15) is 0 Å². The quantitative estimate of drug-likeness (QED) is 0.300. The van der Waals surface area contributed by atoms with E-state index in [0.717, 1.165) is 10.8 Å². The SMILES string of the molecule is Nc1ccc2ccccc2c1N.OB(O)OB(O)O. The summed E-state index contributed by atoms with van der Waals surface area (Å²) in [7, 11) is -4.25. The molecule has 2 rings (SSSR count). The highest BCUT2D eigenvalue weighted by molar-refractivity contribution is 6.48. The second-order valence-electron chi connectivity index (χ2n) is 3.58. The molecule has 0 atom stereocenters. The zero-order valence-electron chi connectivity index (χ0n) is 9.97. The van der Waals surface area contributed by atoms with Crippen molar-refractivity contribution in [1.82, 2.24) is 0 Å². The number of hydrogen-bond acceptors (Lipinski definition) is 7. The molecule has 0 amide bonds. The summed E-state index contributed by atoms with van der Waals surface area (Å²) >= 11 is 0. The van der Waals surface area contributed by atoms with Gasteiger partial charge in [-0.25, -0.2) is 0 Å². The minimum atomic E-state index is -2.13. The zero-order valence-corrected chi connectivity index (χ0v) is 9.97. The van der Waals surface area contributed by atoms with Crippen molar-refractivity contribution < 1.29 is 24.7 Å². The fraction of sp³-hybridized carbons (Fsp3) is 0. The summed E-state index contributed by atoms with van der Waals surface area (Å²) in [6.07, 6.45) is 0. The third-order valence-electron chi connectivity index (χ3n) is 2.25. The van der Waals surface area contributed by atoms with Crippen LogP contribution in [0.2, 0.25) is 0 Å². The van der Waals surface area contributed by atoms with Crippen LogP contribution in [-0.4, -0.2) is 34.7 Å². The molecular formula is C10H14B2N2O5. The lowest BCUT2D eigenvalue weighted by Crippen LogP contribution is -2.28. The molecule has 100 valence electrons. The maximum Gasteiger partial charge on any atom is 0.621 e. The molecule has 7 nitrogen and oxygen atoms in total. The van der Waals surface area contributed by atoms with Crippen LogP contribution in [-0.2, 0) is 4.57 Å². The van der Waals surface area contributed by atoms with Crippen LogP contribution in [0.4, 0.5) is 11.4 Å². The normalized spacial score (nSPS) is 9.68. The van der Waals surface area contributed by atoms with Gasteiger partial charge in [0.15, 0.2) is 0 Å². The van der Waals surface area contributed by atoms with Crippen molar-refractivity contribution in [3.63, 3.8) is 0 Å². The van der Waals surface area contributed by atoms with Crippen LogP contribution in [0.5, 0.6) is 0 Å². The summed E-state index contributed by atoms with van der Waals surface area (Å²) in [5, 5.41) is 33.1. The van der Waals surface area contributed by atoms with E-state index in [1.54, 1.807) is 0 Å². The molecule has 19 heavy (non-hydrogen) atoms. The second kappa shape index (κ2) is 6.98. The minimum Gasteiger partial charge on any atom is -0.402 e. The second-order valence-corrected chi connectivity index (χ2v) is 3.58. The Morgan fingerprint density at radius 2 is 1.42 bits per heavy atom. The van der Waals surface area contributed by atoms with Gasteiger partial charge in [-0.05, 0) is 11.5 Å². The fourth-order valence-corrected chi connectivity index (χ4v) is 1.42. The first-order valence-corrected chi connectivity index (χ1v) is 5.32. The van der Waals surface area contributed by atoms with Crippen LogP contribution < -0.4 is 11.5 Å². The molecule has 0 aliphatic heterocycles. The summed E-state index contributed by atoms with van der Waals surface area (Å²) in [5.74, 6) is 0. The number of anilines is 2. The van der Waals surface area contributed by atoms with Crippen molar-refractivity contribution in [3.05, 3.63) is 36.4 Å². The van der Waals surface area contributed by atoms with Crippen LogP contribution >= 0.6 is 0 Å². The molecule has 8 N–H and O–H groups in total. The summed E-state index contributed by atoms with van der Waals surface area (Å²) in [5.41, 5.74) is 12.8. The van der Waals surface area contributed by atoms with E-state index >= 15 is 0 Å². The predicted octanol–water partition coefficient (Wildman–Crippen LogP) is -1.05. The third kappa shape index (κ3) is 4.78. The van der Waals surface area contributed by atoms with Crippen LogP contribution in [0.15, 0.2) is 36.4 Å². The molecule has 0 aliphatic carbocycles. The lowest BCUT2D eigenvalue weighted by atomic mass is 10.1. The van der Waals surface area contributed by atoms with Gasteiger partial charge >= 0.3 is 14.6 Å². The molecule has 0 radical (unpaired) electrons. The van der Waals surface area contributed by atoms with E-state index in [1.807, 2.05) is 36.4 Å². The van der Waals surface area contributed by atoms with E-state index in [4.69, 9.17) is 31.6 Å². The average molecular weight is 264 g/mol. The fourth-order valence-electron chi connectivity index (χ4n) is 1.42. The highest BCUT2D eigenvalue weighted by atomic mass is 16.7. The van der Waals surface area contributed by atoms with Gasteiger partial charge in [0.05, 0.1) is 11.4 Å². The van der Waals surface area contributed by atoms with Crippen LogP contribution in [0.1, 0.15) is 0 Å². The van der Waals surface area contributed by atoms with Gasteiger partial charge in [-0.2, -0.15) is 0 Å². The Morgan fingerprint density at radius 1 is 0.842 bits per heavy atom. The van der Waals surface area contributed by atoms with E-state index in [9.17, 15) is 0 Å². The maximum absolute atomic E-state index is 7.74. The van der Waals surface area contributed by atoms with E-state index in [2.05, 4.69) is 4.57 Å². The lowest BCUT2D eigenvalue weighted by molar-refractivity contribution is 0.213. The Morgan fingerprint density at radius 3 is 1.95 bits per heavy atom. The summed E-state index contributed by atoms with van der Waals surface area (Å²) in [6.45, 7) is 0. The molecule has 0 saturated heterocycles. The summed E-state index contributed by atoms with van der Waals surface area (Å²) < 4.78 is 3.47. The van der Waals surface area contributed by atoms with E-state index < -0.39 is 14.6 Å². The average Bonchev–Trinajstić information content (AvgIpc) is 2.33. The molecule has 2 aromatic carbocycles. The topological polar surface area (TPSA) is 142 Å². The molecule has 0 unspecified atom stereocenters. The molecule has 0 spiro atoms. The first-order chi connectivity index (χ1) is 8.91. The largest absolute Gasteiger partial charge is 0.621 e. The van der Waals surface area contributed by atoms with Crippen LogP contribution in [0.3, 0.4) is 0 Å². The van der Waals surface area contributed by atoms with Crippen molar-refractivity contribution in [1.29, 1.82) is 0 Å². The van der Waals surface area contributed by atoms with E-state index in [1.165, 1.54) is 0 Å². The van der Waals surface area contributed by atoms with Gasteiger partial charge in [-0.3, -0.25) is 0 Å². The molecular weight excluding hydrogens is 250 g/mol. The van der Waals surface area contributed by atoms with Crippen molar-refractivity contribution in [3.8, 4) is 0 Å². The number of benzene rings is 2. The number of nitrogen functional groups attached to an aromatic ring is 2. The Labute approximate surface area is 110 Å². The summed E-state index contributed by atoms with van der Waals surface area (Å²) in [4.78, 5) is 0. The molecule has 0 fully saturated rings. The van der Waals surface area contributed by atoms with Gasteiger partial charge in [0.2, 0.25) is 0 Å². The highest BCUT2D eigenvalue weighted by Crippen LogP contribution is 2.25. The van der Waals surface area contributed by atoms with Gasteiger partial charge in [0, 0.05) is 5.39 Å². The van der Waals surface area contributed by atoms with E-state index in [-0.39, 0.29) is 0 Å². The molecule has 0 aromatic heterocycles. The standard InChI is InChI=1S/C10H10N2.B2H4O5/c11-9-6-5-7-3-1-2-4-8(7)10(9)12;3-1(4)7-2(5)6/h1-6H,11-12H2;3-6H. The monoisotopic (exact) mass is 264 g/mol. The lowest BCUT2D eigenvalue weighted by Gasteiger charge is -2.03. The molecule has 9 heteroatoms. The van der Waals surface area contributed by atoms with Crippen molar-refractivity contribution in [2.45, 2.75) is 0 Å². The number of fused-ring (bicyclic) bond motifs is 1. The van der Waals surface area contributed by atoms with Crippen LogP contribution in [0.25, 0.3) is 10.8 Å². The number of nitrogens with two attached hydrogens (primary N) is 2. The molecule has 0 heterocycles. The highest BCUT2D eigenvalue weighted by Gasteiger charge is 2.18. The van der Waals surface area contributed by atoms with Crippen molar-refractivity contribution in [2.75, 3.05) is 11.5 Å². The third-order valence-corrected chi connectivity index (χ3v) is 2.25. The van der Waals surface area contributed by atoms with Gasteiger partial charge < -0.3 is 36.1 Å². The molecule has 0 aliphatic rings. The first-order valence-electron chi connectivity index (χ1n) is 5.32. The molecule has 0 saturated carbocycles. The summed E-state index contributed by atoms with van der Waals surface area (Å²) in [6, 6.07) is 11.7. The number of hydrogen-bond donors (Lipinski definition) is 6. The molecule has 0 bridgehead atoms. The van der Waals surface area contributed by atoms with E-state index in [0.29, 0.717) is 11.4 Å². The van der Waals surface area contributed by atoms with Crippen molar-refractivity contribution in [2.24, 2.45) is 0 Å². The Bertz CT molecular complexity index is 532. The zero-order chi connectivity index (χ0) is 14.4. The Hall–Kier alpha value is -1.77. The maximum atomic E-state index is 7.74. The van der Waals surface area contributed by atoms with Gasteiger partial charge in [-0.1, -0.05) is 30.3 Å². The minimum absolute atomic E-state index is 0.647. The van der Waals surface area contributed by atoms with Crippen molar-refractivity contribution >= 4 is 36.8 Å². The first kappa shape index (κ1) is 15.3. The smallest absolute Gasteiger partial charge is 0.402 e. The Balaban J connectivity index is 0.000000224.